The van der Waals surface area contributed by atoms with Crippen molar-refractivity contribution in [3.8, 4) is 17.3 Å². The topological polar surface area (TPSA) is 97.4 Å². The fourth-order valence-corrected chi connectivity index (χ4v) is 4.23. The van der Waals surface area contributed by atoms with Crippen LogP contribution < -0.4 is 0 Å². The van der Waals surface area contributed by atoms with Gasteiger partial charge in [-0.3, -0.25) is 0 Å². The lowest BCUT2D eigenvalue weighted by molar-refractivity contribution is 0.0292. The van der Waals surface area contributed by atoms with Crippen LogP contribution in [0.5, 0.6) is 0 Å². The zero-order valence-corrected chi connectivity index (χ0v) is 16.7. The predicted molar refractivity (Wildman–Crippen MR) is 114 cm³/mol. The molecule has 152 valence electrons. The van der Waals surface area contributed by atoms with Gasteiger partial charge in [0.15, 0.2) is 0 Å². The number of aliphatic hydroxyl groups excluding tert-OH is 1. The third-order valence-electron chi connectivity index (χ3n) is 5.88. The lowest BCUT2D eigenvalue weighted by Crippen LogP contribution is -2.46. The van der Waals surface area contributed by atoms with Crippen molar-refractivity contribution in [2.75, 3.05) is 6.54 Å². The molecule has 0 bridgehead atoms. The van der Waals surface area contributed by atoms with Gasteiger partial charge in [0.05, 0.1) is 28.9 Å². The average molecular weight is 401 g/mol. The highest BCUT2D eigenvalue weighted by atomic mass is 16.4. The van der Waals surface area contributed by atoms with Crippen LogP contribution in [0.3, 0.4) is 0 Å². The van der Waals surface area contributed by atoms with Crippen LogP contribution in [0.15, 0.2) is 48.5 Å². The van der Waals surface area contributed by atoms with E-state index in [1.165, 1.54) is 4.90 Å². The number of carboxylic acid groups (broad SMARTS) is 1. The maximum absolute atomic E-state index is 11.7. The first-order chi connectivity index (χ1) is 14.5. The van der Waals surface area contributed by atoms with E-state index in [-0.39, 0.29) is 0 Å². The molecule has 6 nitrogen and oxygen atoms in total. The number of nitriles is 1. The van der Waals surface area contributed by atoms with Crippen molar-refractivity contribution < 1.29 is 15.0 Å². The summed E-state index contributed by atoms with van der Waals surface area (Å²) in [6.07, 6.45) is 0.328. The largest absolute Gasteiger partial charge is 0.465 e. The second kappa shape index (κ2) is 8.13. The van der Waals surface area contributed by atoms with Crippen molar-refractivity contribution in [1.29, 1.82) is 5.26 Å². The average Bonchev–Trinajstić information content (AvgIpc) is 2.78. The van der Waals surface area contributed by atoms with E-state index in [0.29, 0.717) is 29.8 Å². The smallest absolute Gasteiger partial charge is 0.407 e. The van der Waals surface area contributed by atoms with Crippen LogP contribution in [0.25, 0.3) is 22.2 Å². The Morgan fingerprint density at radius 1 is 1.23 bits per heavy atom. The maximum Gasteiger partial charge on any atom is 0.407 e. The number of benzene rings is 2. The number of likely N-dealkylation sites (tertiary alicyclic amines) is 1. The lowest BCUT2D eigenvalue weighted by Gasteiger charge is -2.37. The van der Waals surface area contributed by atoms with Gasteiger partial charge in [-0.15, -0.1) is 0 Å². The molecule has 1 saturated heterocycles. The zero-order valence-electron chi connectivity index (χ0n) is 16.7. The number of hydrogen-bond acceptors (Lipinski definition) is 4. The van der Waals surface area contributed by atoms with Crippen molar-refractivity contribution in [2.24, 2.45) is 0 Å². The van der Waals surface area contributed by atoms with Gasteiger partial charge in [0, 0.05) is 17.5 Å². The first-order valence-corrected chi connectivity index (χ1v) is 10.1. The first-order valence-electron chi connectivity index (χ1n) is 10.1. The molecule has 2 heterocycles. The molecular weight excluding hydrogens is 378 g/mol. The SMILES string of the molecule is Cc1ccc(-c2cc([C@@H](O)[C@@H]3CCCCN3C(=O)O)c3ccccc3n2)cc1C#N. The number of pyridine rings is 1. The van der Waals surface area contributed by atoms with Gasteiger partial charge in [0.1, 0.15) is 6.10 Å². The molecule has 1 amide bonds. The van der Waals surface area contributed by atoms with E-state index in [0.717, 1.165) is 34.9 Å². The van der Waals surface area contributed by atoms with Gasteiger partial charge in [-0.05, 0) is 55.5 Å². The molecule has 1 aromatic heterocycles. The molecule has 4 rings (SSSR count). The minimum atomic E-state index is -1.01. The van der Waals surface area contributed by atoms with E-state index in [2.05, 4.69) is 6.07 Å². The van der Waals surface area contributed by atoms with E-state index in [1.807, 2.05) is 49.4 Å². The number of aromatic nitrogens is 1. The first kappa shape index (κ1) is 19.9. The van der Waals surface area contributed by atoms with Crippen molar-refractivity contribution in [1.82, 2.24) is 9.88 Å². The summed E-state index contributed by atoms with van der Waals surface area (Å²) in [6.45, 7) is 2.31. The standard InChI is InChI=1S/C24H23N3O3/c1-15-9-10-16(12-17(15)14-25)21-13-19(18-6-2-3-7-20(18)26-21)23(28)22-8-4-5-11-27(22)24(29)30/h2-3,6-7,9-10,12-13,22-23,28H,4-5,8,11H2,1H3,(H,29,30)/t22-,23+/m0/s1. The summed E-state index contributed by atoms with van der Waals surface area (Å²) in [5, 5.41) is 31.1. The molecule has 0 unspecified atom stereocenters. The Bertz CT molecular complexity index is 1150. The maximum atomic E-state index is 11.7. The quantitative estimate of drug-likeness (QED) is 0.666. The number of para-hydroxylation sites is 1. The number of aryl methyl sites for hydroxylation is 1. The molecule has 0 saturated carbocycles. The zero-order chi connectivity index (χ0) is 21.3. The van der Waals surface area contributed by atoms with E-state index in [9.17, 15) is 20.3 Å². The highest BCUT2D eigenvalue weighted by Crippen LogP contribution is 2.35. The number of rotatable bonds is 3. The summed E-state index contributed by atoms with van der Waals surface area (Å²) in [5.41, 5.74) is 4.29. The number of aliphatic hydroxyl groups is 1. The second-order valence-electron chi connectivity index (χ2n) is 7.74. The van der Waals surface area contributed by atoms with Crippen molar-refractivity contribution in [3.05, 3.63) is 65.2 Å². The molecule has 30 heavy (non-hydrogen) atoms. The molecule has 2 N–H and O–H groups in total. The van der Waals surface area contributed by atoms with Gasteiger partial charge in [-0.2, -0.15) is 5.26 Å². The molecule has 1 fully saturated rings. The third kappa shape index (κ3) is 3.60. The van der Waals surface area contributed by atoms with Gasteiger partial charge in [0.2, 0.25) is 0 Å². The molecule has 2 atom stereocenters. The summed E-state index contributed by atoms with van der Waals surface area (Å²) in [7, 11) is 0. The molecule has 1 aliphatic rings. The molecule has 0 spiro atoms. The Labute approximate surface area is 175 Å². The Balaban J connectivity index is 1.85. The van der Waals surface area contributed by atoms with Gasteiger partial charge >= 0.3 is 6.09 Å². The number of nitrogens with zero attached hydrogens (tertiary/aromatic N) is 3. The van der Waals surface area contributed by atoms with Gasteiger partial charge in [0.25, 0.3) is 0 Å². The highest BCUT2D eigenvalue weighted by molar-refractivity contribution is 5.86. The van der Waals surface area contributed by atoms with Crippen LogP contribution in [-0.4, -0.2) is 38.8 Å². The van der Waals surface area contributed by atoms with Crippen molar-refractivity contribution in [3.63, 3.8) is 0 Å². The lowest BCUT2D eigenvalue weighted by atomic mass is 9.90. The third-order valence-corrected chi connectivity index (χ3v) is 5.88. The van der Waals surface area contributed by atoms with Crippen molar-refractivity contribution >= 4 is 17.0 Å². The summed E-state index contributed by atoms with van der Waals surface area (Å²) in [5.74, 6) is 0. The van der Waals surface area contributed by atoms with Crippen LogP contribution in [0.2, 0.25) is 0 Å². The van der Waals surface area contributed by atoms with Crippen LogP contribution in [0.1, 0.15) is 42.1 Å². The van der Waals surface area contributed by atoms with Gasteiger partial charge in [-0.1, -0.05) is 30.3 Å². The Morgan fingerprint density at radius 3 is 2.80 bits per heavy atom. The molecule has 1 aliphatic heterocycles. The van der Waals surface area contributed by atoms with Gasteiger partial charge in [-0.25, -0.2) is 9.78 Å². The number of amides is 1. The normalized spacial score (nSPS) is 17.5. The summed E-state index contributed by atoms with van der Waals surface area (Å²) >= 11 is 0. The minimum absolute atomic E-state index is 0.427. The van der Waals surface area contributed by atoms with Crippen LogP contribution in [0, 0.1) is 18.3 Å². The summed E-state index contributed by atoms with van der Waals surface area (Å²) in [6, 6.07) is 16.7. The molecule has 2 aromatic carbocycles. The monoisotopic (exact) mass is 401 g/mol. The molecular formula is C24H23N3O3. The summed E-state index contributed by atoms with van der Waals surface area (Å²) in [4.78, 5) is 17.8. The fourth-order valence-electron chi connectivity index (χ4n) is 4.23. The summed E-state index contributed by atoms with van der Waals surface area (Å²) < 4.78 is 0. The molecule has 3 aromatic rings. The Morgan fingerprint density at radius 2 is 2.03 bits per heavy atom. The molecule has 0 radical (unpaired) electrons. The predicted octanol–water partition coefficient (Wildman–Crippen LogP) is 4.65. The van der Waals surface area contributed by atoms with E-state index < -0.39 is 18.2 Å². The van der Waals surface area contributed by atoms with Crippen LogP contribution in [-0.2, 0) is 0 Å². The fraction of sp³-hybridized carbons (Fsp3) is 0.292. The Hall–Kier alpha value is -3.43. The van der Waals surface area contributed by atoms with Gasteiger partial charge < -0.3 is 15.1 Å². The Kier molecular flexibility index (Phi) is 5.39. The highest BCUT2D eigenvalue weighted by Gasteiger charge is 2.33. The number of piperidine rings is 1. The van der Waals surface area contributed by atoms with E-state index in [1.54, 1.807) is 6.07 Å². The molecule has 6 heteroatoms. The number of carbonyl (C=O) groups is 1. The molecule has 0 aliphatic carbocycles. The number of fused-ring (bicyclic) bond motifs is 1. The van der Waals surface area contributed by atoms with E-state index >= 15 is 0 Å². The van der Waals surface area contributed by atoms with E-state index in [4.69, 9.17) is 4.98 Å². The number of hydrogen-bond donors (Lipinski definition) is 2. The van der Waals surface area contributed by atoms with Crippen LogP contribution >= 0.6 is 0 Å². The minimum Gasteiger partial charge on any atom is -0.465 e. The van der Waals surface area contributed by atoms with Crippen LogP contribution in [0.4, 0.5) is 4.79 Å². The second-order valence-corrected chi connectivity index (χ2v) is 7.74. The van der Waals surface area contributed by atoms with Crippen molar-refractivity contribution in [2.45, 2.75) is 38.3 Å².